The number of benzene rings is 2. The Morgan fingerprint density at radius 3 is 2.00 bits per heavy atom. The Balaban J connectivity index is 1.75. The van der Waals surface area contributed by atoms with E-state index in [1.165, 1.54) is 5.56 Å². The van der Waals surface area contributed by atoms with Gasteiger partial charge >= 0.3 is 0 Å². The zero-order valence-electron chi connectivity index (χ0n) is 9.45. The summed E-state index contributed by atoms with van der Waals surface area (Å²) < 4.78 is 11.6. The second kappa shape index (κ2) is 4.70. The summed E-state index contributed by atoms with van der Waals surface area (Å²) in [6.45, 7) is 0.615. The molecule has 0 bridgehead atoms. The normalized spacial score (nSPS) is 23.8. The Morgan fingerprint density at radius 1 is 0.765 bits per heavy atom. The van der Waals surface area contributed by atoms with Crippen LogP contribution in [0.3, 0.4) is 0 Å². The van der Waals surface area contributed by atoms with E-state index in [9.17, 15) is 0 Å². The first-order valence-electron chi connectivity index (χ1n) is 5.80. The van der Waals surface area contributed by atoms with Crippen LogP contribution >= 0.6 is 0 Å². The summed E-state index contributed by atoms with van der Waals surface area (Å²) in [5.41, 5.74) is 2.25. The molecule has 0 unspecified atom stereocenters. The minimum Gasteiger partial charge on any atom is -0.345 e. The van der Waals surface area contributed by atoms with Crippen LogP contribution in [-0.2, 0) is 9.47 Å². The summed E-state index contributed by atoms with van der Waals surface area (Å²) in [5, 5.41) is 0. The molecule has 2 aromatic carbocycles. The lowest BCUT2D eigenvalue weighted by molar-refractivity contribution is -0.0607. The quantitative estimate of drug-likeness (QED) is 0.780. The number of hydrogen-bond acceptors (Lipinski definition) is 2. The van der Waals surface area contributed by atoms with Crippen molar-refractivity contribution in [3.63, 3.8) is 0 Å². The van der Waals surface area contributed by atoms with Crippen molar-refractivity contribution in [3.05, 3.63) is 71.8 Å². The highest BCUT2D eigenvalue weighted by Crippen LogP contribution is 2.34. The van der Waals surface area contributed by atoms with E-state index in [0.717, 1.165) is 5.56 Å². The fourth-order valence-electron chi connectivity index (χ4n) is 2.03. The van der Waals surface area contributed by atoms with Crippen LogP contribution in [0.15, 0.2) is 60.7 Å². The summed E-state index contributed by atoms with van der Waals surface area (Å²) >= 11 is 0. The first-order chi connectivity index (χ1) is 8.43. The molecular weight excluding hydrogens is 212 g/mol. The lowest BCUT2D eigenvalue weighted by Crippen LogP contribution is -2.00. The number of hydrogen-bond donors (Lipinski definition) is 0. The van der Waals surface area contributed by atoms with Gasteiger partial charge in [0.1, 0.15) is 6.10 Å². The van der Waals surface area contributed by atoms with Crippen LogP contribution in [0.4, 0.5) is 0 Å². The second-order valence-electron chi connectivity index (χ2n) is 4.11. The van der Waals surface area contributed by atoms with Gasteiger partial charge in [0.2, 0.25) is 0 Å². The second-order valence-corrected chi connectivity index (χ2v) is 4.11. The van der Waals surface area contributed by atoms with Crippen LogP contribution in [0.5, 0.6) is 0 Å². The first-order valence-corrected chi connectivity index (χ1v) is 5.80. The third-order valence-electron chi connectivity index (χ3n) is 2.93. The van der Waals surface area contributed by atoms with E-state index in [0.29, 0.717) is 6.61 Å². The molecule has 0 saturated carbocycles. The van der Waals surface area contributed by atoms with E-state index in [1.807, 2.05) is 48.5 Å². The van der Waals surface area contributed by atoms with Crippen LogP contribution in [0, 0.1) is 0 Å². The molecule has 1 saturated heterocycles. The predicted octanol–water partition coefficient (Wildman–Crippen LogP) is 3.47. The third kappa shape index (κ3) is 2.23. The van der Waals surface area contributed by atoms with Crippen molar-refractivity contribution in [3.8, 4) is 0 Å². The maximum Gasteiger partial charge on any atom is 0.184 e. The minimum atomic E-state index is -0.235. The minimum absolute atomic E-state index is 0.0430. The first kappa shape index (κ1) is 10.5. The van der Waals surface area contributed by atoms with Crippen molar-refractivity contribution in [2.24, 2.45) is 0 Å². The molecule has 0 N–H and O–H groups in total. The van der Waals surface area contributed by atoms with Crippen molar-refractivity contribution >= 4 is 0 Å². The van der Waals surface area contributed by atoms with Gasteiger partial charge in [0.15, 0.2) is 6.29 Å². The highest BCUT2D eigenvalue weighted by Gasteiger charge is 2.27. The largest absolute Gasteiger partial charge is 0.345 e. The van der Waals surface area contributed by atoms with Gasteiger partial charge in [0, 0.05) is 5.56 Å². The van der Waals surface area contributed by atoms with Gasteiger partial charge in [-0.2, -0.15) is 0 Å². The average molecular weight is 226 g/mol. The Kier molecular flexibility index (Phi) is 2.90. The molecule has 2 aromatic rings. The molecule has 0 radical (unpaired) electrons. The number of rotatable bonds is 2. The lowest BCUT2D eigenvalue weighted by Gasteiger charge is -2.11. The standard InChI is InChI=1S/C15H14O2/c1-3-7-12(8-4-1)14-11-16-15(17-14)13-9-5-2-6-10-13/h1-10,14-15H,11H2/t14-,15+/m1/s1. The molecule has 1 aliphatic rings. The molecule has 2 heteroatoms. The Bertz CT molecular complexity index is 421. The number of ether oxygens (including phenoxy) is 2. The summed E-state index contributed by atoms with van der Waals surface area (Å²) in [5.74, 6) is 0. The summed E-state index contributed by atoms with van der Waals surface area (Å²) in [7, 11) is 0. The summed E-state index contributed by atoms with van der Waals surface area (Å²) in [6, 6.07) is 20.2. The van der Waals surface area contributed by atoms with Crippen LogP contribution in [0.25, 0.3) is 0 Å². The van der Waals surface area contributed by atoms with Gasteiger partial charge in [-0.25, -0.2) is 0 Å². The molecule has 1 aliphatic heterocycles. The van der Waals surface area contributed by atoms with Crippen LogP contribution in [-0.4, -0.2) is 6.61 Å². The summed E-state index contributed by atoms with van der Waals surface area (Å²) in [6.07, 6.45) is -0.192. The molecule has 3 rings (SSSR count). The third-order valence-corrected chi connectivity index (χ3v) is 2.93. The van der Waals surface area contributed by atoms with Gasteiger partial charge in [0.25, 0.3) is 0 Å². The van der Waals surface area contributed by atoms with Crippen LogP contribution in [0.1, 0.15) is 23.5 Å². The van der Waals surface area contributed by atoms with E-state index in [2.05, 4.69) is 12.1 Å². The predicted molar refractivity (Wildman–Crippen MR) is 65.4 cm³/mol. The molecule has 17 heavy (non-hydrogen) atoms. The Morgan fingerprint density at radius 2 is 1.35 bits per heavy atom. The fourth-order valence-corrected chi connectivity index (χ4v) is 2.03. The zero-order chi connectivity index (χ0) is 11.5. The molecular formula is C15H14O2. The van der Waals surface area contributed by atoms with E-state index in [1.54, 1.807) is 0 Å². The maximum absolute atomic E-state index is 5.91. The molecule has 0 amide bonds. The molecule has 86 valence electrons. The van der Waals surface area contributed by atoms with Gasteiger partial charge in [-0.05, 0) is 5.56 Å². The Labute approximate surface area is 101 Å². The van der Waals surface area contributed by atoms with Crippen LogP contribution in [0.2, 0.25) is 0 Å². The summed E-state index contributed by atoms with van der Waals surface area (Å²) in [4.78, 5) is 0. The van der Waals surface area contributed by atoms with E-state index < -0.39 is 0 Å². The van der Waals surface area contributed by atoms with Gasteiger partial charge in [-0.3, -0.25) is 0 Å². The van der Waals surface area contributed by atoms with Gasteiger partial charge in [-0.15, -0.1) is 0 Å². The molecule has 1 fully saturated rings. The smallest absolute Gasteiger partial charge is 0.184 e. The van der Waals surface area contributed by atoms with Crippen molar-refractivity contribution in [1.29, 1.82) is 0 Å². The SMILES string of the molecule is c1ccc([C@H]2OC[C@H](c3ccccc3)O2)cc1. The highest BCUT2D eigenvalue weighted by atomic mass is 16.7. The van der Waals surface area contributed by atoms with Gasteiger partial charge in [-0.1, -0.05) is 60.7 Å². The van der Waals surface area contributed by atoms with Crippen LogP contribution < -0.4 is 0 Å². The van der Waals surface area contributed by atoms with E-state index >= 15 is 0 Å². The lowest BCUT2D eigenvalue weighted by atomic mass is 10.1. The molecule has 1 heterocycles. The van der Waals surface area contributed by atoms with E-state index in [-0.39, 0.29) is 12.4 Å². The topological polar surface area (TPSA) is 18.5 Å². The molecule has 2 nitrogen and oxygen atoms in total. The van der Waals surface area contributed by atoms with Gasteiger partial charge in [0.05, 0.1) is 6.61 Å². The zero-order valence-corrected chi connectivity index (χ0v) is 9.45. The van der Waals surface area contributed by atoms with Crippen molar-refractivity contribution in [2.75, 3.05) is 6.61 Å². The van der Waals surface area contributed by atoms with Crippen molar-refractivity contribution < 1.29 is 9.47 Å². The molecule has 0 spiro atoms. The average Bonchev–Trinajstić information content (AvgIpc) is 2.90. The van der Waals surface area contributed by atoms with Crippen molar-refractivity contribution in [1.82, 2.24) is 0 Å². The monoisotopic (exact) mass is 226 g/mol. The van der Waals surface area contributed by atoms with E-state index in [4.69, 9.17) is 9.47 Å². The Hall–Kier alpha value is -1.64. The molecule has 2 atom stereocenters. The molecule has 0 aliphatic carbocycles. The maximum atomic E-state index is 5.91. The molecule has 0 aromatic heterocycles. The van der Waals surface area contributed by atoms with Crippen molar-refractivity contribution in [2.45, 2.75) is 12.4 Å². The van der Waals surface area contributed by atoms with Gasteiger partial charge < -0.3 is 9.47 Å². The highest BCUT2D eigenvalue weighted by molar-refractivity contribution is 5.20. The fraction of sp³-hybridized carbons (Fsp3) is 0.200.